The third kappa shape index (κ3) is 8.20. The number of rotatable bonds is 4. The molecule has 0 spiro atoms. The number of hydrogen-bond acceptors (Lipinski definition) is 8. The van der Waals surface area contributed by atoms with E-state index in [2.05, 4.69) is 135 Å². The first kappa shape index (κ1) is 51.1. The number of hydrogen-bond donors (Lipinski definition) is 8. The zero-order chi connectivity index (χ0) is 49.2. The maximum Gasteiger partial charge on any atom is 0.122 e. The van der Waals surface area contributed by atoms with Crippen molar-refractivity contribution in [2.24, 2.45) is 0 Å². The highest BCUT2D eigenvalue weighted by molar-refractivity contribution is 6.84. The normalized spacial score (nSPS) is 19.4. The Morgan fingerprint density at radius 2 is 0.359 bits per heavy atom. The Labute approximate surface area is 388 Å². The Hall–Kier alpha value is -3.85. The summed E-state index contributed by atoms with van der Waals surface area (Å²) < 4.78 is 0. The van der Waals surface area contributed by atoms with Crippen molar-refractivity contribution in [3.63, 3.8) is 0 Å². The second-order valence-electron chi connectivity index (χ2n) is 25.5. The zero-order valence-corrected chi connectivity index (χ0v) is 46.5. The van der Waals surface area contributed by atoms with Crippen LogP contribution < -0.4 is 0 Å². The summed E-state index contributed by atoms with van der Waals surface area (Å²) in [4.78, 5) is 0. The molecule has 352 valence electrons. The van der Waals surface area contributed by atoms with Gasteiger partial charge in [0.15, 0.2) is 0 Å². The molecule has 0 saturated carbocycles. The fourth-order valence-electron chi connectivity index (χ4n) is 9.81. The van der Waals surface area contributed by atoms with Crippen molar-refractivity contribution in [1.29, 1.82) is 0 Å². The molecule has 0 amide bonds. The monoisotopic (exact) mass is 944 g/mol. The van der Waals surface area contributed by atoms with Crippen LogP contribution in [0.15, 0.2) is 48.5 Å². The van der Waals surface area contributed by atoms with Gasteiger partial charge >= 0.3 is 0 Å². The summed E-state index contributed by atoms with van der Waals surface area (Å²) in [5.74, 6) is -1.03. The summed E-state index contributed by atoms with van der Waals surface area (Å²) in [5, 5.41) is 96.8. The summed E-state index contributed by atoms with van der Waals surface area (Å²) in [5.41, 5.74) is 1.86. The molecule has 64 heavy (non-hydrogen) atoms. The second kappa shape index (κ2) is 15.9. The lowest BCUT2D eigenvalue weighted by atomic mass is 9.90. The fraction of sp³-hybridized carbons (Fsp3) is 0.538. The van der Waals surface area contributed by atoms with Gasteiger partial charge < -0.3 is 40.9 Å². The molecule has 0 unspecified atom stereocenters. The third-order valence-electron chi connectivity index (χ3n) is 17.8. The van der Waals surface area contributed by atoms with Gasteiger partial charge in [-0.3, -0.25) is 0 Å². The van der Waals surface area contributed by atoms with Crippen LogP contribution in [-0.4, -0.2) is 73.1 Å². The van der Waals surface area contributed by atoms with Gasteiger partial charge in [0.1, 0.15) is 46.0 Å². The van der Waals surface area contributed by atoms with Gasteiger partial charge in [0, 0.05) is 46.4 Å². The lowest BCUT2D eigenvalue weighted by Crippen LogP contribution is -2.47. The molecule has 4 aromatic rings. The van der Waals surface area contributed by atoms with E-state index in [0.29, 0.717) is 44.5 Å². The molecule has 0 saturated heterocycles. The third-order valence-corrected chi connectivity index (χ3v) is 41.5. The van der Waals surface area contributed by atoms with E-state index in [4.69, 9.17) is 0 Å². The molecule has 0 aliphatic heterocycles. The summed E-state index contributed by atoms with van der Waals surface area (Å²) in [6.07, 6.45) is 0. The van der Waals surface area contributed by atoms with E-state index in [1.807, 2.05) is 24.3 Å². The molecule has 8 nitrogen and oxygen atoms in total. The minimum Gasteiger partial charge on any atom is -0.508 e. The van der Waals surface area contributed by atoms with Gasteiger partial charge in [-0.05, 0) is 88.9 Å². The van der Waals surface area contributed by atoms with E-state index in [1.165, 1.54) is 24.3 Å². The Morgan fingerprint density at radius 1 is 0.250 bits per heavy atom. The Balaban J connectivity index is 2.23. The zero-order valence-electron chi connectivity index (χ0n) is 42.5. The summed E-state index contributed by atoms with van der Waals surface area (Å²) >= 11 is 0. The van der Waals surface area contributed by atoms with E-state index in [0.717, 1.165) is 0 Å². The van der Waals surface area contributed by atoms with Gasteiger partial charge in [-0.25, -0.2) is 0 Å². The quantitative estimate of drug-likeness (QED) is 0.0938. The first-order valence-electron chi connectivity index (χ1n) is 22.9. The smallest absolute Gasteiger partial charge is 0.122 e. The highest BCUT2D eigenvalue weighted by Gasteiger charge is 2.52. The van der Waals surface area contributed by atoms with Crippen LogP contribution in [0, 0.1) is 0 Å². The molecule has 1 aliphatic carbocycles. The van der Waals surface area contributed by atoms with Crippen LogP contribution >= 0.6 is 0 Å². The van der Waals surface area contributed by atoms with Crippen molar-refractivity contribution < 1.29 is 40.9 Å². The van der Waals surface area contributed by atoms with Crippen LogP contribution in [0.3, 0.4) is 0 Å². The van der Waals surface area contributed by atoms with Gasteiger partial charge in [0.2, 0.25) is 0 Å². The average molecular weight is 946 g/mol. The Bertz CT molecular complexity index is 2020. The minimum absolute atomic E-state index is 0.129. The number of fused-ring (bicyclic) bond motifs is 8. The maximum absolute atomic E-state index is 12.3. The molecule has 4 aromatic carbocycles. The molecule has 0 fully saturated rings. The summed E-state index contributed by atoms with van der Waals surface area (Å²) in [6, 6.07) is 13.2. The highest BCUT2D eigenvalue weighted by atomic mass is 28.3. The van der Waals surface area contributed by atoms with Gasteiger partial charge in [0.25, 0.3) is 0 Å². The van der Waals surface area contributed by atoms with Crippen molar-refractivity contribution in [1.82, 2.24) is 0 Å². The SMILES string of the molecule is CC(C)(C)[Si](C)(C)C1c2cc(c(O)cc2O)C([Si](C)(C)C(C)(C)C)c2cc(c(O)cc2O)C([Si](C)(C)C(C)(C)C)c2cc(c(O)cc2O)C([Si](C)(C)C(C)(C)C)c2cc1c(O)cc2O. The molecular weight excluding hydrogens is 865 g/mol. The second-order valence-corrected chi connectivity index (χ2v) is 47.6. The van der Waals surface area contributed by atoms with Crippen LogP contribution in [0.25, 0.3) is 0 Å². The largest absolute Gasteiger partial charge is 0.508 e. The molecule has 8 bridgehead atoms. The van der Waals surface area contributed by atoms with E-state index in [-0.39, 0.29) is 66.1 Å². The summed E-state index contributed by atoms with van der Waals surface area (Å²) in [7, 11) is -11.0. The molecule has 0 aromatic heterocycles. The first-order valence-corrected chi connectivity index (χ1v) is 35.2. The van der Waals surface area contributed by atoms with E-state index in [9.17, 15) is 40.9 Å². The maximum atomic E-state index is 12.3. The van der Waals surface area contributed by atoms with Crippen molar-refractivity contribution in [2.75, 3.05) is 0 Å². The molecule has 12 heteroatoms. The lowest BCUT2D eigenvalue weighted by molar-refractivity contribution is 0.433. The van der Waals surface area contributed by atoms with E-state index < -0.39 is 54.5 Å². The number of phenols is 8. The molecule has 0 atom stereocenters. The van der Waals surface area contributed by atoms with Crippen LogP contribution in [0.1, 0.15) is 150 Å². The van der Waals surface area contributed by atoms with E-state index in [1.54, 1.807) is 0 Å². The van der Waals surface area contributed by atoms with E-state index >= 15 is 0 Å². The van der Waals surface area contributed by atoms with Crippen LogP contribution in [-0.2, 0) is 0 Å². The van der Waals surface area contributed by atoms with Crippen molar-refractivity contribution >= 4 is 32.3 Å². The Morgan fingerprint density at radius 3 is 0.453 bits per heavy atom. The molecular formula is C52H80O8Si4. The molecule has 0 radical (unpaired) electrons. The number of benzene rings is 4. The average Bonchev–Trinajstić information content (AvgIpc) is 3.09. The fourth-order valence-corrected chi connectivity index (χ4v) is 21.3. The van der Waals surface area contributed by atoms with Crippen LogP contribution in [0.4, 0.5) is 0 Å². The number of aromatic hydroxyl groups is 8. The molecule has 1 aliphatic rings. The van der Waals surface area contributed by atoms with Crippen LogP contribution in [0.5, 0.6) is 46.0 Å². The first-order chi connectivity index (χ1) is 28.6. The van der Waals surface area contributed by atoms with Crippen LogP contribution in [0.2, 0.25) is 72.5 Å². The van der Waals surface area contributed by atoms with Crippen molar-refractivity contribution in [2.45, 2.75) is 178 Å². The minimum atomic E-state index is -2.76. The summed E-state index contributed by atoms with van der Waals surface area (Å²) in [6.45, 7) is 44.0. The predicted molar refractivity (Wildman–Crippen MR) is 275 cm³/mol. The Kier molecular flexibility index (Phi) is 12.7. The number of phenolic OH excluding ortho intramolecular Hbond substituents is 8. The standard InChI is InChI=1S/C52H80O8Si4/c1-49(2,3)61(13,14)45-29-21-31(39(55)25-37(29)53)46(62(15,16)50(4,5)6)33-23-35(43(59)27-41(33)57)48(64(19,20)52(10,11)12)36-24-34(42(58)28-44(36)60)47(63(17,18)51(7,8)9)32-22-30(45)38(54)26-40(32)56/h21-28,45-48,53-60H,1-20H3. The van der Waals surface area contributed by atoms with Gasteiger partial charge in [-0.15, -0.1) is 0 Å². The predicted octanol–water partition coefficient (Wildman–Crippen LogP) is 14.4. The van der Waals surface area contributed by atoms with Crippen molar-refractivity contribution in [3.8, 4) is 46.0 Å². The topological polar surface area (TPSA) is 162 Å². The van der Waals surface area contributed by atoms with Gasteiger partial charge in [-0.2, -0.15) is 0 Å². The van der Waals surface area contributed by atoms with Gasteiger partial charge in [-0.1, -0.05) is 135 Å². The molecule has 0 heterocycles. The lowest BCUT2D eigenvalue weighted by Gasteiger charge is -2.47. The molecule has 5 rings (SSSR count). The van der Waals surface area contributed by atoms with Gasteiger partial charge in [0.05, 0.1) is 32.3 Å². The molecule has 8 N–H and O–H groups in total. The van der Waals surface area contributed by atoms with Crippen molar-refractivity contribution in [3.05, 3.63) is 93.0 Å². The highest BCUT2D eigenvalue weighted by Crippen LogP contribution is 2.61.